The van der Waals surface area contributed by atoms with Crippen molar-refractivity contribution in [3.63, 3.8) is 0 Å². The van der Waals surface area contributed by atoms with Crippen molar-refractivity contribution in [2.75, 3.05) is 6.61 Å². The van der Waals surface area contributed by atoms with Crippen molar-refractivity contribution in [1.29, 1.82) is 0 Å². The van der Waals surface area contributed by atoms with E-state index in [9.17, 15) is 10.0 Å². The number of fused-ring (bicyclic) bond motifs is 1. The van der Waals surface area contributed by atoms with E-state index in [1.165, 1.54) is 0 Å². The molecule has 0 aliphatic rings. The molecule has 0 aliphatic carbocycles. The SMILES string of the molecule is Cc1ccc2c(c1)c(N=O)c(O)n2CCOc1ccc(Cl)cc1Cl. The van der Waals surface area contributed by atoms with Gasteiger partial charge in [-0.15, -0.1) is 4.91 Å². The van der Waals surface area contributed by atoms with Crippen LogP contribution in [0.4, 0.5) is 5.69 Å². The Morgan fingerprint density at radius 3 is 2.71 bits per heavy atom. The Morgan fingerprint density at radius 2 is 2.00 bits per heavy atom. The summed E-state index contributed by atoms with van der Waals surface area (Å²) < 4.78 is 7.23. The number of nitrogens with zero attached hydrogens (tertiary/aromatic N) is 2. The van der Waals surface area contributed by atoms with Crippen molar-refractivity contribution in [2.24, 2.45) is 5.18 Å². The van der Waals surface area contributed by atoms with Crippen molar-refractivity contribution in [2.45, 2.75) is 13.5 Å². The fourth-order valence-electron chi connectivity index (χ4n) is 2.59. The largest absolute Gasteiger partial charge is 0.493 e. The van der Waals surface area contributed by atoms with Crippen LogP contribution in [-0.2, 0) is 6.54 Å². The van der Waals surface area contributed by atoms with Gasteiger partial charge in [-0.2, -0.15) is 0 Å². The van der Waals surface area contributed by atoms with E-state index in [0.29, 0.717) is 27.7 Å². The monoisotopic (exact) mass is 364 g/mol. The molecule has 0 spiro atoms. The standard InChI is InChI=1S/C17H14Cl2N2O3/c1-10-2-4-14-12(8-10)16(20-23)17(22)21(14)6-7-24-15-5-3-11(18)9-13(15)19/h2-5,8-9,22H,6-7H2,1H3. The fraction of sp³-hybridized carbons (Fsp3) is 0.176. The van der Waals surface area contributed by atoms with Crippen molar-refractivity contribution in [3.05, 3.63) is 56.9 Å². The molecule has 124 valence electrons. The lowest BCUT2D eigenvalue weighted by Crippen LogP contribution is -2.08. The number of halogens is 2. The van der Waals surface area contributed by atoms with Crippen LogP contribution in [0.15, 0.2) is 41.6 Å². The average molecular weight is 365 g/mol. The number of ether oxygens (including phenoxy) is 1. The van der Waals surface area contributed by atoms with Crippen molar-refractivity contribution in [1.82, 2.24) is 4.57 Å². The van der Waals surface area contributed by atoms with Gasteiger partial charge >= 0.3 is 0 Å². The second-order valence-corrected chi connectivity index (χ2v) is 6.20. The molecule has 24 heavy (non-hydrogen) atoms. The maximum atomic E-state index is 11.1. The van der Waals surface area contributed by atoms with E-state index in [1.54, 1.807) is 22.8 Å². The van der Waals surface area contributed by atoms with Gasteiger partial charge in [-0.05, 0) is 42.4 Å². The van der Waals surface area contributed by atoms with Gasteiger partial charge in [0.05, 0.1) is 17.1 Å². The second kappa shape index (κ2) is 6.71. The van der Waals surface area contributed by atoms with E-state index in [1.807, 2.05) is 25.1 Å². The van der Waals surface area contributed by atoms with Gasteiger partial charge in [-0.25, -0.2) is 0 Å². The number of aromatic nitrogens is 1. The minimum atomic E-state index is -0.170. The van der Waals surface area contributed by atoms with Crippen LogP contribution < -0.4 is 4.74 Å². The molecule has 0 unspecified atom stereocenters. The third kappa shape index (κ3) is 3.05. The molecule has 5 nitrogen and oxygen atoms in total. The smallest absolute Gasteiger partial charge is 0.222 e. The first-order valence-electron chi connectivity index (χ1n) is 7.24. The molecule has 0 amide bonds. The maximum absolute atomic E-state index is 11.1. The van der Waals surface area contributed by atoms with Gasteiger partial charge in [0.15, 0.2) is 5.69 Å². The Hall–Kier alpha value is -2.24. The van der Waals surface area contributed by atoms with E-state index in [-0.39, 0.29) is 18.2 Å². The van der Waals surface area contributed by atoms with Crippen LogP contribution in [0.2, 0.25) is 10.0 Å². The predicted octanol–water partition coefficient (Wildman–Crippen LogP) is 5.44. The summed E-state index contributed by atoms with van der Waals surface area (Å²) in [4.78, 5) is 11.1. The first-order chi connectivity index (χ1) is 11.5. The zero-order valence-electron chi connectivity index (χ0n) is 12.8. The summed E-state index contributed by atoms with van der Waals surface area (Å²) in [7, 11) is 0. The topological polar surface area (TPSA) is 63.8 Å². The molecule has 3 aromatic rings. The molecule has 1 aromatic heterocycles. The van der Waals surface area contributed by atoms with Crippen LogP contribution in [0.25, 0.3) is 10.9 Å². The van der Waals surface area contributed by atoms with Gasteiger partial charge in [-0.1, -0.05) is 34.8 Å². The predicted molar refractivity (Wildman–Crippen MR) is 95.8 cm³/mol. The van der Waals surface area contributed by atoms with Crippen molar-refractivity contribution >= 4 is 39.8 Å². The first-order valence-corrected chi connectivity index (χ1v) is 8.00. The Morgan fingerprint density at radius 1 is 1.21 bits per heavy atom. The third-order valence-electron chi connectivity index (χ3n) is 3.72. The molecule has 2 aromatic carbocycles. The number of aromatic hydroxyl groups is 1. The zero-order chi connectivity index (χ0) is 17.3. The van der Waals surface area contributed by atoms with Crippen molar-refractivity contribution in [3.8, 4) is 11.6 Å². The molecule has 0 aliphatic heterocycles. The molecule has 3 rings (SSSR count). The lowest BCUT2D eigenvalue weighted by molar-refractivity contribution is 0.291. The van der Waals surface area contributed by atoms with E-state index in [2.05, 4.69) is 5.18 Å². The lowest BCUT2D eigenvalue weighted by Gasteiger charge is -2.10. The van der Waals surface area contributed by atoms with E-state index in [0.717, 1.165) is 11.1 Å². The summed E-state index contributed by atoms with van der Waals surface area (Å²) in [5.41, 5.74) is 1.74. The summed E-state index contributed by atoms with van der Waals surface area (Å²) in [5, 5.41) is 14.8. The van der Waals surface area contributed by atoms with E-state index in [4.69, 9.17) is 27.9 Å². The van der Waals surface area contributed by atoms with Crippen LogP contribution in [0, 0.1) is 11.8 Å². The molecule has 0 atom stereocenters. The van der Waals surface area contributed by atoms with Gasteiger partial charge in [0.2, 0.25) is 5.88 Å². The van der Waals surface area contributed by atoms with Crippen molar-refractivity contribution < 1.29 is 9.84 Å². The first kappa shape index (κ1) is 16.6. The molecule has 0 saturated heterocycles. The molecule has 0 saturated carbocycles. The molecule has 1 heterocycles. The minimum Gasteiger partial charge on any atom is -0.493 e. The summed E-state index contributed by atoms with van der Waals surface area (Å²) in [6.45, 7) is 2.50. The molecule has 7 heteroatoms. The zero-order valence-corrected chi connectivity index (χ0v) is 14.3. The van der Waals surface area contributed by atoms with Gasteiger partial charge in [-0.3, -0.25) is 0 Å². The summed E-state index contributed by atoms with van der Waals surface area (Å²) in [6, 6.07) is 10.5. The Labute approximate surface area is 148 Å². The number of rotatable bonds is 5. The van der Waals surface area contributed by atoms with Gasteiger partial charge < -0.3 is 14.4 Å². The van der Waals surface area contributed by atoms with E-state index >= 15 is 0 Å². The Bertz CT molecular complexity index is 922. The molecule has 0 bridgehead atoms. The van der Waals surface area contributed by atoms with Crippen LogP contribution in [0.1, 0.15) is 5.56 Å². The highest BCUT2D eigenvalue weighted by molar-refractivity contribution is 6.35. The molecule has 0 radical (unpaired) electrons. The second-order valence-electron chi connectivity index (χ2n) is 5.36. The Kier molecular flexibility index (Phi) is 4.64. The lowest BCUT2D eigenvalue weighted by atomic mass is 10.1. The highest BCUT2D eigenvalue weighted by Gasteiger charge is 2.17. The van der Waals surface area contributed by atoms with Gasteiger partial charge in [0, 0.05) is 10.4 Å². The number of benzene rings is 2. The highest BCUT2D eigenvalue weighted by Crippen LogP contribution is 2.38. The normalized spacial score (nSPS) is 11.0. The summed E-state index contributed by atoms with van der Waals surface area (Å²) in [5.74, 6) is 0.331. The van der Waals surface area contributed by atoms with Gasteiger partial charge in [0.25, 0.3) is 0 Å². The summed E-state index contributed by atoms with van der Waals surface area (Å²) >= 11 is 11.9. The quantitative estimate of drug-likeness (QED) is 0.613. The van der Waals surface area contributed by atoms with Gasteiger partial charge in [0.1, 0.15) is 12.4 Å². The summed E-state index contributed by atoms with van der Waals surface area (Å²) in [6.07, 6.45) is 0. The maximum Gasteiger partial charge on any atom is 0.222 e. The van der Waals surface area contributed by atoms with Crippen LogP contribution in [-0.4, -0.2) is 16.3 Å². The minimum absolute atomic E-state index is 0.0400. The number of hydrogen-bond donors (Lipinski definition) is 1. The van der Waals surface area contributed by atoms with E-state index < -0.39 is 0 Å². The van der Waals surface area contributed by atoms with Crippen LogP contribution in [0.5, 0.6) is 11.6 Å². The number of aryl methyl sites for hydroxylation is 1. The third-order valence-corrected chi connectivity index (χ3v) is 4.25. The average Bonchev–Trinajstić information content (AvgIpc) is 2.80. The van der Waals surface area contributed by atoms with Crippen LogP contribution in [0.3, 0.4) is 0 Å². The highest BCUT2D eigenvalue weighted by atomic mass is 35.5. The number of hydrogen-bond acceptors (Lipinski definition) is 4. The molecule has 1 N–H and O–H groups in total. The van der Waals surface area contributed by atoms with Crippen LogP contribution >= 0.6 is 23.2 Å². The molecule has 0 fully saturated rings. The molecular weight excluding hydrogens is 351 g/mol. The Balaban J connectivity index is 1.85. The number of nitroso groups, excluding NO2 is 1. The fourth-order valence-corrected chi connectivity index (χ4v) is 3.06. The molecular formula is C17H14Cl2N2O3.